The number of carbonyl (C=O) groups excluding carboxylic acids is 1. The van der Waals surface area contributed by atoms with Crippen molar-refractivity contribution in [2.75, 3.05) is 6.61 Å². The van der Waals surface area contributed by atoms with E-state index in [1.54, 1.807) is 0 Å². The number of phosphoric acid groups is 2. The molecule has 9 nitrogen and oxygen atoms in total. The van der Waals surface area contributed by atoms with Crippen molar-refractivity contribution in [1.82, 2.24) is 0 Å². The lowest BCUT2D eigenvalue weighted by molar-refractivity contribution is -0.131. The van der Waals surface area contributed by atoms with Crippen LogP contribution in [0.4, 0.5) is 0 Å². The minimum atomic E-state index is -5.26. The van der Waals surface area contributed by atoms with Crippen molar-refractivity contribution >= 4 is 21.6 Å². The Balaban J connectivity index is 4.67. The van der Waals surface area contributed by atoms with E-state index < -0.39 is 28.2 Å². The number of phosphoric ester groups is 1. The number of hydrogen-bond acceptors (Lipinski definition) is 6. The van der Waals surface area contributed by atoms with Gasteiger partial charge in [0.25, 0.3) is 0 Å². The summed E-state index contributed by atoms with van der Waals surface area (Å²) in [5, 5.41) is 8.59. The summed E-state index contributed by atoms with van der Waals surface area (Å²) >= 11 is 0. The molecule has 0 radical (unpaired) electrons. The van der Waals surface area contributed by atoms with E-state index in [2.05, 4.69) is 8.83 Å². The van der Waals surface area contributed by atoms with Gasteiger partial charge >= 0.3 is 21.6 Å². The van der Waals surface area contributed by atoms with Crippen LogP contribution in [0.3, 0.4) is 0 Å². The van der Waals surface area contributed by atoms with E-state index in [9.17, 15) is 13.9 Å². The van der Waals surface area contributed by atoms with Gasteiger partial charge in [0, 0.05) is 0 Å². The van der Waals surface area contributed by atoms with Crippen LogP contribution >= 0.6 is 15.6 Å². The van der Waals surface area contributed by atoms with Gasteiger partial charge in [0.05, 0.1) is 12.2 Å². The highest BCUT2D eigenvalue weighted by Gasteiger charge is 2.36. The Bertz CT molecular complexity index is 379. The molecule has 0 amide bonds. The summed E-state index contributed by atoms with van der Waals surface area (Å²) in [5.74, 6) is -1.41. The lowest BCUT2D eigenvalue weighted by atomic mass is 10.3. The summed E-state index contributed by atoms with van der Waals surface area (Å²) < 4.78 is 28.2. The third-order valence-corrected chi connectivity index (χ3v) is 3.26. The van der Waals surface area contributed by atoms with Crippen molar-refractivity contribution in [3.8, 4) is 0 Å². The molecule has 0 saturated heterocycles. The molecule has 0 aromatic rings. The first-order valence-electron chi connectivity index (χ1n) is 3.71. The maximum absolute atomic E-state index is 11.0. The monoisotopic (exact) mass is 276 g/mol. The van der Waals surface area contributed by atoms with Crippen LogP contribution in [0.2, 0.25) is 0 Å². The average Bonchev–Trinajstić information content (AvgIpc) is 1.99. The van der Waals surface area contributed by atoms with Gasteiger partial charge < -0.3 is 19.4 Å². The molecule has 4 N–H and O–H groups in total. The lowest BCUT2D eigenvalue weighted by Crippen LogP contribution is -2.10. The zero-order valence-corrected chi connectivity index (χ0v) is 9.80. The molecular weight excluding hydrogens is 266 g/mol. The summed E-state index contributed by atoms with van der Waals surface area (Å²) in [4.78, 5) is 36.2. The van der Waals surface area contributed by atoms with Gasteiger partial charge in [0.15, 0.2) is 0 Å². The van der Waals surface area contributed by atoms with Crippen molar-refractivity contribution in [1.29, 1.82) is 0 Å². The molecule has 16 heavy (non-hydrogen) atoms. The Morgan fingerprint density at radius 2 is 1.81 bits per heavy atom. The van der Waals surface area contributed by atoms with Crippen molar-refractivity contribution in [2.24, 2.45) is 0 Å². The van der Waals surface area contributed by atoms with Gasteiger partial charge in [0.1, 0.15) is 0 Å². The van der Waals surface area contributed by atoms with E-state index in [-0.39, 0.29) is 5.57 Å². The van der Waals surface area contributed by atoms with Gasteiger partial charge in [0.2, 0.25) is 0 Å². The van der Waals surface area contributed by atoms with Crippen molar-refractivity contribution in [3.63, 3.8) is 0 Å². The maximum Gasteiger partial charge on any atom is 0.538 e. The van der Waals surface area contributed by atoms with Crippen LogP contribution in [0.15, 0.2) is 11.6 Å². The SMILES string of the molecule is C/C=C(/CO)C(=O)OP(=O)(O)OP(=O)(O)O. The molecule has 0 aromatic heterocycles. The first-order chi connectivity index (χ1) is 7.11. The van der Waals surface area contributed by atoms with Gasteiger partial charge in [-0.25, -0.2) is 13.9 Å². The summed E-state index contributed by atoms with van der Waals surface area (Å²) in [5.41, 5.74) is -0.358. The first-order valence-corrected chi connectivity index (χ1v) is 6.73. The fraction of sp³-hybridized carbons (Fsp3) is 0.400. The van der Waals surface area contributed by atoms with Crippen LogP contribution in [0, 0.1) is 0 Å². The highest BCUT2D eigenvalue weighted by atomic mass is 31.3. The zero-order chi connectivity index (χ0) is 13.0. The van der Waals surface area contributed by atoms with E-state index in [0.717, 1.165) is 6.08 Å². The molecule has 0 heterocycles. The summed E-state index contributed by atoms with van der Waals surface area (Å²) in [6, 6.07) is 0. The number of aliphatic hydroxyl groups is 1. The number of allylic oxidation sites excluding steroid dienone is 1. The number of carbonyl (C=O) groups is 1. The second kappa shape index (κ2) is 5.70. The molecule has 0 aliphatic heterocycles. The summed E-state index contributed by atoms with van der Waals surface area (Å²) in [6.07, 6.45) is 1.10. The van der Waals surface area contributed by atoms with Crippen LogP contribution < -0.4 is 0 Å². The molecule has 0 spiro atoms. The van der Waals surface area contributed by atoms with E-state index in [1.807, 2.05) is 0 Å². The van der Waals surface area contributed by atoms with E-state index in [4.69, 9.17) is 19.8 Å². The number of aliphatic hydroxyl groups excluding tert-OH is 1. The van der Waals surface area contributed by atoms with Gasteiger partial charge in [-0.15, -0.1) is 0 Å². The minimum absolute atomic E-state index is 0.358. The molecule has 94 valence electrons. The van der Waals surface area contributed by atoms with E-state index >= 15 is 0 Å². The molecule has 0 aromatic carbocycles. The number of rotatable bonds is 5. The topological polar surface area (TPSA) is 151 Å². The summed E-state index contributed by atoms with van der Waals surface area (Å²) in [6.45, 7) is 0.587. The van der Waals surface area contributed by atoms with Gasteiger partial charge in [-0.05, 0) is 6.92 Å². The van der Waals surface area contributed by atoms with Crippen LogP contribution in [0.5, 0.6) is 0 Å². The summed E-state index contributed by atoms with van der Waals surface area (Å²) in [7, 11) is -10.5. The number of hydrogen-bond donors (Lipinski definition) is 4. The van der Waals surface area contributed by atoms with Gasteiger partial charge in [-0.3, -0.25) is 4.89 Å². The second-order valence-corrected chi connectivity index (χ2v) is 5.15. The van der Waals surface area contributed by atoms with Gasteiger partial charge in [-0.2, -0.15) is 4.31 Å². The van der Waals surface area contributed by atoms with Crippen LogP contribution in [-0.4, -0.2) is 32.4 Å². The van der Waals surface area contributed by atoms with Crippen LogP contribution in [-0.2, 0) is 22.8 Å². The van der Waals surface area contributed by atoms with E-state index in [0.29, 0.717) is 0 Å². The largest absolute Gasteiger partial charge is 0.538 e. The predicted octanol–water partition coefficient (Wildman–Crippen LogP) is -0.322. The Morgan fingerprint density at radius 1 is 1.31 bits per heavy atom. The third-order valence-electron chi connectivity index (χ3n) is 1.19. The van der Waals surface area contributed by atoms with Crippen molar-refractivity contribution in [2.45, 2.75) is 6.92 Å². The highest BCUT2D eigenvalue weighted by Crippen LogP contribution is 2.57. The molecule has 1 atom stereocenters. The van der Waals surface area contributed by atoms with Crippen LogP contribution in [0.25, 0.3) is 0 Å². The standard InChI is InChI=1S/C5H10O9P2/c1-2-4(3-6)5(7)13-16(11,12)14-15(8,9)10/h2,6H,3H2,1H3,(H,11,12)(H2,8,9,10)/b4-2-. The molecule has 1 unspecified atom stereocenters. The maximum atomic E-state index is 11.0. The minimum Gasteiger partial charge on any atom is -0.391 e. The second-order valence-electron chi connectivity index (χ2n) is 2.39. The quantitative estimate of drug-likeness (QED) is 0.391. The molecule has 0 bridgehead atoms. The molecule has 0 saturated carbocycles. The fourth-order valence-electron chi connectivity index (χ4n) is 0.588. The van der Waals surface area contributed by atoms with Crippen LogP contribution in [0.1, 0.15) is 6.92 Å². The Morgan fingerprint density at radius 3 is 2.12 bits per heavy atom. The van der Waals surface area contributed by atoms with Crippen molar-refractivity contribution in [3.05, 3.63) is 11.6 Å². The normalized spacial score (nSPS) is 16.7. The fourth-order valence-corrected chi connectivity index (χ4v) is 2.12. The molecule has 0 aliphatic carbocycles. The third kappa shape index (κ3) is 6.14. The average molecular weight is 276 g/mol. The molecule has 0 aliphatic rings. The van der Waals surface area contributed by atoms with E-state index in [1.165, 1.54) is 6.92 Å². The zero-order valence-electron chi connectivity index (χ0n) is 8.01. The predicted molar refractivity (Wildman–Crippen MR) is 49.9 cm³/mol. The molecule has 0 rings (SSSR count). The Hall–Kier alpha value is -0.530. The van der Waals surface area contributed by atoms with Crippen molar-refractivity contribution < 1.29 is 42.5 Å². The molecule has 0 fully saturated rings. The lowest BCUT2D eigenvalue weighted by Gasteiger charge is -2.12. The Kier molecular flexibility index (Phi) is 5.51. The highest BCUT2D eigenvalue weighted by molar-refractivity contribution is 7.61. The molecular formula is C5H10O9P2. The smallest absolute Gasteiger partial charge is 0.391 e. The molecule has 11 heteroatoms. The van der Waals surface area contributed by atoms with Gasteiger partial charge in [-0.1, -0.05) is 6.08 Å². The Labute approximate surface area is 90.2 Å². The first kappa shape index (κ1) is 15.5.